The molecule has 1 atom stereocenters. The first-order valence-electron chi connectivity index (χ1n) is 5.97. The van der Waals surface area contributed by atoms with Crippen LogP contribution in [-0.4, -0.2) is 7.05 Å². The second-order valence-electron chi connectivity index (χ2n) is 4.84. The van der Waals surface area contributed by atoms with Gasteiger partial charge in [0.15, 0.2) is 0 Å². The zero-order chi connectivity index (χ0) is 12.5. The van der Waals surface area contributed by atoms with Crippen molar-refractivity contribution in [1.29, 1.82) is 5.26 Å². The van der Waals surface area contributed by atoms with Crippen molar-refractivity contribution in [3.63, 3.8) is 0 Å². The zero-order valence-corrected chi connectivity index (χ0v) is 11.8. The lowest BCUT2D eigenvalue weighted by molar-refractivity contribution is 0.148. The van der Waals surface area contributed by atoms with Gasteiger partial charge < -0.3 is 5.32 Å². The number of aryl methyl sites for hydroxylation is 1. The molecule has 2 rings (SSSR count). The third-order valence-corrected chi connectivity index (χ3v) is 4.36. The van der Waals surface area contributed by atoms with Gasteiger partial charge in [-0.2, -0.15) is 5.26 Å². The highest BCUT2D eigenvalue weighted by Gasteiger charge is 2.45. The summed E-state index contributed by atoms with van der Waals surface area (Å²) in [5, 5.41) is 12.8. The molecule has 1 aromatic carbocycles. The minimum atomic E-state index is -0.208. The Bertz CT molecular complexity index is 458. The molecule has 1 aromatic rings. The van der Waals surface area contributed by atoms with E-state index in [1.54, 1.807) is 0 Å². The van der Waals surface area contributed by atoms with E-state index in [1.807, 2.05) is 13.1 Å². The Morgan fingerprint density at radius 2 is 2.18 bits per heavy atom. The fraction of sp³-hybridized carbons (Fsp3) is 0.500. The van der Waals surface area contributed by atoms with Crippen LogP contribution in [0.5, 0.6) is 0 Å². The van der Waals surface area contributed by atoms with E-state index < -0.39 is 0 Å². The van der Waals surface area contributed by atoms with Gasteiger partial charge in [0.05, 0.1) is 17.5 Å². The van der Waals surface area contributed by atoms with Gasteiger partial charge in [-0.25, -0.2) is 0 Å². The molecular formula is C14H17BrN2. The fourth-order valence-corrected chi connectivity index (χ4v) is 3.05. The van der Waals surface area contributed by atoms with Crippen molar-refractivity contribution >= 4 is 15.9 Å². The lowest BCUT2D eigenvalue weighted by atomic mass is 9.63. The molecule has 1 fully saturated rings. The third-order valence-electron chi connectivity index (χ3n) is 3.86. The Hall–Kier alpha value is -0.850. The summed E-state index contributed by atoms with van der Waals surface area (Å²) in [6, 6.07) is 8.96. The number of hydrogen-bond donors (Lipinski definition) is 1. The predicted molar refractivity (Wildman–Crippen MR) is 72.6 cm³/mol. The van der Waals surface area contributed by atoms with E-state index in [9.17, 15) is 5.26 Å². The molecule has 1 aliphatic carbocycles. The maximum atomic E-state index is 9.46. The van der Waals surface area contributed by atoms with Gasteiger partial charge in [0.25, 0.3) is 0 Å². The first kappa shape index (κ1) is 12.6. The SMILES string of the molecule is CNC(c1cc(Br)ccc1C)C1(C#N)CCC1. The molecule has 1 N–H and O–H groups in total. The van der Waals surface area contributed by atoms with Crippen LogP contribution in [0.2, 0.25) is 0 Å². The van der Waals surface area contributed by atoms with Crippen molar-refractivity contribution < 1.29 is 0 Å². The van der Waals surface area contributed by atoms with Crippen LogP contribution in [0.3, 0.4) is 0 Å². The molecule has 1 saturated carbocycles. The van der Waals surface area contributed by atoms with Crippen molar-refractivity contribution in [3.05, 3.63) is 33.8 Å². The molecule has 3 heteroatoms. The monoisotopic (exact) mass is 292 g/mol. The number of halogens is 1. The largest absolute Gasteiger partial charge is 0.312 e. The summed E-state index contributed by atoms with van der Waals surface area (Å²) in [4.78, 5) is 0. The number of benzene rings is 1. The molecule has 1 aliphatic rings. The molecule has 0 aromatic heterocycles. The average Bonchev–Trinajstić information content (AvgIpc) is 2.27. The van der Waals surface area contributed by atoms with Crippen LogP contribution >= 0.6 is 15.9 Å². The Morgan fingerprint density at radius 1 is 1.47 bits per heavy atom. The highest BCUT2D eigenvalue weighted by atomic mass is 79.9. The average molecular weight is 293 g/mol. The lowest BCUT2D eigenvalue weighted by Crippen LogP contribution is -2.41. The Balaban J connectivity index is 2.42. The van der Waals surface area contributed by atoms with Crippen LogP contribution < -0.4 is 5.32 Å². The standard InChI is InChI=1S/C14H17BrN2/c1-10-4-5-11(15)8-12(10)13(17-2)14(9-16)6-3-7-14/h4-5,8,13,17H,3,6-7H2,1-2H3. The van der Waals surface area contributed by atoms with Gasteiger partial charge in [0.2, 0.25) is 0 Å². The van der Waals surface area contributed by atoms with Gasteiger partial charge in [-0.05, 0) is 50.1 Å². The van der Waals surface area contributed by atoms with Crippen LogP contribution in [0.25, 0.3) is 0 Å². The van der Waals surface area contributed by atoms with Gasteiger partial charge in [-0.15, -0.1) is 0 Å². The van der Waals surface area contributed by atoms with Crippen molar-refractivity contribution in [2.24, 2.45) is 5.41 Å². The summed E-state index contributed by atoms with van der Waals surface area (Å²) in [5.74, 6) is 0. The Labute approximate surface area is 111 Å². The summed E-state index contributed by atoms with van der Waals surface area (Å²) in [7, 11) is 1.95. The fourth-order valence-electron chi connectivity index (χ4n) is 2.67. The summed E-state index contributed by atoms with van der Waals surface area (Å²) in [5.41, 5.74) is 2.28. The molecule has 1 unspecified atom stereocenters. The highest BCUT2D eigenvalue weighted by molar-refractivity contribution is 9.10. The normalized spacial score (nSPS) is 19.2. The van der Waals surface area contributed by atoms with E-state index in [0.717, 1.165) is 17.3 Å². The second kappa shape index (κ2) is 4.80. The molecule has 0 radical (unpaired) electrons. The van der Waals surface area contributed by atoms with E-state index in [4.69, 9.17) is 0 Å². The molecule has 17 heavy (non-hydrogen) atoms. The number of nitrogens with zero attached hydrogens (tertiary/aromatic N) is 1. The highest BCUT2D eigenvalue weighted by Crippen LogP contribution is 2.50. The molecule has 0 aliphatic heterocycles. The molecule has 0 spiro atoms. The van der Waals surface area contributed by atoms with Crippen molar-refractivity contribution in [2.45, 2.75) is 32.2 Å². The number of nitrogens with one attached hydrogen (secondary N) is 1. The molecule has 90 valence electrons. The van der Waals surface area contributed by atoms with Crippen LogP contribution in [0.1, 0.15) is 36.4 Å². The van der Waals surface area contributed by atoms with Crippen LogP contribution in [0, 0.1) is 23.7 Å². The Morgan fingerprint density at radius 3 is 2.65 bits per heavy atom. The lowest BCUT2D eigenvalue weighted by Gasteiger charge is -2.42. The first-order valence-corrected chi connectivity index (χ1v) is 6.77. The minimum Gasteiger partial charge on any atom is -0.312 e. The van der Waals surface area contributed by atoms with Gasteiger partial charge in [-0.3, -0.25) is 0 Å². The molecular weight excluding hydrogens is 276 g/mol. The smallest absolute Gasteiger partial charge is 0.0768 e. The van der Waals surface area contributed by atoms with Gasteiger partial charge >= 0.3 is 0 Å². The van der Waals surface area contributed by atoms with Gasteiger partial charge in [0, 0.05) is 4.47 Å². The molecule has 0 bridgehead atoms. The summed E-state index contributed by atoms with van der Waals surface area (Å²) < 4.78 is 1.07. The molecule has 2 nitrogen and oxygen atoms in total. The number of hydrogen-bond acceptors (Lipinski definition) is 2. The van der Waals surface area contributed by atoms with E-state index in [2.05, 4.69) is 46.4 Å². The van der Waals surface area contributed by atoms with Crippen LogP contribution in [0.4, 0.5) is 0 Å². The van der Waals surface area contributed by atoms with Crippen LogP contribution in [-0.2, 0) is 0 Å². The van der Waals surface area contributed by atoms with E-state index in [0.29, 0.717) is 0 Å². The minimum absolute atomic E-state index is 0.138. The molecule has 0 saturated heterocycles. The molecule has 0 heterocycles. The summed E-state index contributed by atoms with van der Waals surface area (Å²) >= 11 is 3.51. The van der Waals surface area contributed by atoms with Crippen molar-refractivity contribution in [2.75, 3.05) is 7.05 Å². The quantitative estimate of drug-likeness (QED) is 0.922. The van der Waals surface area contributed by atoms with E-state index in [1.165, 1.54) is 17.5 Å². The van der Waals surface area contributed by atoms with Gasteiger partial charge in [0.1, 0.15) is 0 Å². The third kappa shape index (κ3) is 2.12. The van der Waals surface area contributed by atoms with E-state index >= 15 is 0 Å². The number of nitriles is 1. The second-order valence-corrected chi connectivity index (χ2v) is 5.76. The van der Waals surface area contributed by atoms with Crippen molar-refractivity contribution in [1.82, 2.24) is 5.32 Å². The first-order chi connectivity index (χ1) is 8.13. The summed E-state index contributed by atoms with van der Waals surface area (Å²) in [6.07, 6.45) is 3.17. The number of rotatable bonds is 3. The maximum absolute atomic E-state index is 9.46. The van der Waals surface area contributed by atoms with E-state index in [-0.39, 0.29) is 11.5 Å². The zero-order valence-electron chi connectivity index (χ0n) is 10.3. The Kier molecular flexibility index (Phi) is 3.56. The summed E-state index contributed by atoms with van der Waals surface area (Å²) in [6.45, 7) is 2.11. The molecule has 0 amide bonds. The van der Waals surface area contributed by atoms with Gasteiger partial charge in [-0.1, -0.05) is 28.4 Å². The maximum Gasteiger partial charge on any atom is 0.0768 e. The predicted octanol–water partition coefficient (Wildman–Crippen LogP) is 3.71. The van der Waals surface area contributed by atoms with Crippen LogP contribution in [0.15, 0.2) is 22.7 Å². The van der Waals surface area contributed by atoms with Crippen molar-refractivity contribution in [3.8, 4) is 6.07 Å². The topological polar surface area (TPSA) is 35.8 Å².